The van der Waals surface area contributed by atoms with Gasteiger partial charge in [0.05, 0.1) is 0 Å². The molecule has 0 aliphatic rings. The number of urea groups is 1. The largest absolute Gasteiger partial charge is 0.481 e. The molecule has 1 aromatic rings. The van der Waals surface area contributed by atoms with Crippen molar-refractivity contribution in [3.63, 3.8) is 0 Å². The first-order chi connectivity index (χ1) is 9.68. The fraction of sp³-hybridized carbons (Fsp3) is 0.571. The first-order valence-electron chi connectivity index (χ1n) is 6.94. The molecule has 1 heterocycles. The van der Waals surface area contributed by atoms with Crippen LogP contribution in [0.15, 0.2) is 17.5 Å². The third-order valence-corrected chi connectivity index (χ3v) is 3.78. The zero-order valence-corrected chi connectivity index (χ0v) is 12.4. The van der Waals surface area contributed by atoms with Crippen molar-refractivity contribution in [3.05, 3.63) is 22.4 Å². The van der Waals surface area contributed by atoms with E-state index in [2.05, 4.69) is 16.7 Å². The summed E-state index contributed by atoms with van der Waals surface area (Å²) in [6.07, 6.45) is 4.54. The Morgan fingerprint density at radius 1 is 1.10 bits per heavy atom. The molecule has 1 rings (SSSR count). The number of carboxylic acid groups (broad SMARTS) is 1. The molecule has 0 fully saturated rings. The summed E-state index contributed by atoms with van der Waals surface area (Å²) in [6.45, 7) is 1.28. The number of carbonyl (C=O) groups excluding carboxylic acids is 1. The maximum atomic E-state index is 11.5. The van der Waals surface area contributed by atoms with E-state index in [1.807, 2.05) is 11.4 Å². The molecule has 0 aromatic carbocycles. The zero-order valence-electron chi connectivity index (χ0n) is 11.6. The average molecular weight is 298 g/mol. The van der Waals surface area contributed by atoms with E-state index < -0.39 is 5.97 Å². The summed E-state index contributed by atoms with van der Waals surface area (Å²) in [7, 11) is 0. The number of nitrogens with one attached hydrogen (secondary N) is 2. The van der Waals surface area contributed by atoms with E-state index in [0.29, 0.717) is 19.5 Å². The van der Waals surface area contributed by atoms with E-state index in [1.54, 1.807) is 11.3 Å². The lowest BCUT2D eigenvalue weighted by Crippen LogP contribution is -2.37. The van der Waals surface area contributed by atoms with Gasteiger partial charge in [0.2, 0.25) is 0 Å². The summed E-state index contributed by atoms with van der Waals surface area (Å²) in [5.41, 5.74) is 0. The second-order valence-corrected chi connectivity index (χ2v) is 5.60. The van der Waals surface area contributed by atoms with Crippen LogP contribution in [0.2, 0.25) is 0 Å². The minimum atomic E-state index is -0.742. The van der Waals surface area contributed by atoms with E-state index in [1.165, 1.54) is 4.88 Å². The van der Waals surface area contributed by atoms with Gasteiger partial charge in [0.25, 0.3) is 0 Å². The molecular weight excluding hydrogens is 276 g/mol. The van der Waals surface area contributed by atoms with E-state index in [9.17, 15) is 9.59 Å². The third-order valence-electron chi connectivity index (χ3n) is 2.84. The average Bonchev–Trinajstić information content (AvgIpc) is 2.90. The number of unbranched alkanes of at least 4 members (excludes halogenated alkanes) is 3. The molecule has 20 heavy (non-hydrogen) atoms. The van der Waals surface area contributed by atoms with Crippen LogP contribution >= 0.6 is 11.3 Å². The van der Waals surface area contributed by atoms with Gasteiger partial charge in [-0.2, -0.15) is 0 Å². The topological polar surface area (TPSA) is 78.4 Å². The third kappa shape index (κ3) is 8.53. The highest BCUT2D eigenvalue weighted by Gasteiger charge is 2.00. The molecule has 0 saturated heterocycles. The Bertz CT molecular complexity index is 393. The molecule has 0 aliphatic heterocycles. The molecule has 0 radical (unpaired) electrons. The first-order valence-corrected chi connectivity index (χ1v) is 7.82. The Morgan fingerprint density at radius 2 is 1.85 bits per heavy atom. The lowest BCUT2D eigenvalue weighted by molar-refractivity contribution is -0.137. The number of rotatable bonds is 10. The Morgan fingerprint density at radius 3 is 2.55 bits per heavy atom. The predicted octanol–water partition coefficient (Wildman–Crippen LogP) is 2.62. The second-order valence-electron chi connectivity index (χ2n) is 4.57. The number of carbonyl (C=O) groups is 2. The van der Waals surface area contributed by atoms with E-state index in [0.717, 1.165) is 25.7 Å². The van der Waals surface area contributed by atoms with Crippen LogP contribution in [0.3, 0.4) is 0 Å². The molecule has 0 saturated carbocycles. The lowest BCUT2D eigenvalue weighted by atomic mass is 10.1. The summed E-state index contributed by atoms with van der Waals surface area (Å²) in [6, 6.07) is 3.93. The van der Waals surface area contributed by atoms with Gasteiger partial charge < -0.3 is 15.7 Å². The molecule has 0 bridgehead atoms. The lowest BCUT2D eigenvalue weighted by Gasteiger charge is -2.06. The molecule has 112 valence electrons. The number of aliphatic carboxylic acids is 1. The minimum Gasteiger partial charge on any atom is -0.481 e. The maximum Gasteiger partial charge on any atom is 0.314 e. The summed E-state index contributed by atoms with van der Waals surface area (Å²) in [4.78, 5) is 23.0. The quantitative estimate of drug-likeness (QED) is 0.581. The van der Waals surface area contributed by atoms with Crippen molar-refractivity contribution in [2.24, 2.45) is 0 Å². The molecule has 6 heteroatoms. The first kappa shape index (κ1) is 16.5. The Hall–Kier alpha value is -1.56. The van der Waals surface area contributed by atoms with Crippen LogP contribution in [0.4, 0.5) is 4.79 Å². The maximum absolute atomic E-state index is 11.5. The molecule has 3 N–H and O–H groups in total. The fourth-order valence-electron chi connectivity index (χ4n) is 1.77. The van der Waals surface area contributed by atoms with Gasteiger partial charge in [0.15, 0.2) is 0 Å². The van der Waals surface area contributed by atoms with Crippen molar-refractivity contribution in [2.75, 3.05) is 13.1 Å². The van der Waals surface area contributed by atoms with Gasteiger partial charge in [-0.1, -0.05) is 18.9 Å². The molecule has 2 amide bonds. The van der Waals surface area contributed by atoms with Crippen molar-refractivity contribution in [3.8, 4) is 0 Å². The summed E-state index contributed by atoms with van der Waals surface area (Å²) >= 11 is 1.69. The van der Waals surface area contributed by atoms with Crippen LogP contribution in [0.25, 0.3) is 0 Å². The van der Waals surface area contributed by atoms with Crippen LogP contribution in [0, 0.1) is 0 Å². The highest BCUT2D eigenvalue weighted by molar-refractivity contribution is 7.09. The van der Waals surface area contributed by atoms with Gasteiger partial charge in [-0.05, 0) is 30.7 Å². The number of thiophene rings is 1. The Kier molecular flexibility index (Phi) is 8.46. The minimum absolute atomic E-state index is 0.132. The number of hydrogen-bond donors (Lipinski definition) is 3. The van der Waals surface area contributed by atoms with Gasteiger partial charge in [0, 0.05) is 24.4 Å². The summed E-state index contributed by atoms with van der Waals surface area (Å²) < 4.78 is 0. The van der Waals surface area contributed by atoms with Gasteiger partial charge in [-0.3, -0.25) is 4.79 Å². The fourth-order valence-corrected chi connectivity index (χ4v) is 2.48. The SMILES string of the molecule is O=C(O)CCCCCCNC(=O)NCCc1cccs1. The van der Waals surface area contributed by atoms with Crippen LogP contribution in [-0.4, -0.2) is 30.2 Å². The van der Waals surface area contributed by atoms with Crippen LogP contribution < -0.4 is 10.6 Å². The Balaban J connectivity index is 1.88. The van der Waals surface area contributed by atoms with E-state index in [4.69, 9.17) is 5.11 Å². The monoisotopic (exact) mass is 298 g/mol. The number of amides is 2. The Labute approximate surface area is 123 Å². The number of hydrogen-bond acceptors (Lipinski definition) is 3. The van der Waals surface area contributed by atoms with Gasteiger partial charge in [-0.25, -0.2) is 4.79 Å². The predicted molar refractivity (Wildman–Crippen MR) is 80.1 cm³/mol. The standard InChI is InChI=1S/C14H22N2O3S/c17-13(18)7-3-1-2-4-9-15-14(19)16-10-8-12-6-5-11-20-12/h5-6,11H,1-4,7-10H2,(H,17,18)(H2,15,16,19). The molecule has 5 nitrogen and oxygen atoms in total. The second kappa shape index (κ2) is 10.3. The van der Waals surface area contributed by atoms with E-state index in [-0.39, 0.29) is 12.5 Å². The molecule has 1 aromatic heterocycles. The molecule has 0 unspecified atom stereocenters. The normalized spacial score (nSPS) is 10.2. The van der Waals surface area contributed by atoms with Gasteiger partial charge in [0.1, 0.15) is 0 Å². The van der Waals surface area contributed by atoms with Crippen molar-refractivity contribution in [1.29, 1.82) is 0 Å². The van der Waals surface area contributed by atoms with Crippen molar-refractivity contribution >= 4 is 23.3 Å². The smallest absolute Gasteiger partial charge is 0.314 e. The van der Waals surface area contributed by atoms with Crippen molar-refractivity contribution in [2.45, 2.75) is 38.5 Å². The molecule has 0 spiro atoms. The molecule has 0 atom stereocenters. The molecule has 0 aliphatic carbocycles. The van der Waals surface area contributed by atoms with E-state index >= 15 is 0 Å². The molecular formula is C14H22N2O3S. The van der Waals surface area contributed by atoms with Crippen LogP contribution in [0.1, 0.15) is 37.0 Å². The van der Waals surface area contributed by atoms with Gasteiger partial charge >= 0.3 is 12.0 Å². The highest BCUT2D eigenvalue weighted by Crippen LogP contribution is 2.07. The zero-order chi connectivity index (χ0) is 14.6. The highest BCUT2D eigenvalue weighted by atomic mass is 32.1. The van der Waals surface area contributed by atoms with Crippen LogP contribution in [0.5, 0.6) is 0 Å². The summed E-state index contributed by atoms with van der Waals surface area (Å²) in [5, 5.41) is 16.1. The van der Waals surface area contributed by atoms with Crippen molar-refractivity contribution < 1.29 is 14.7 Å². The van der Waals surface area contributed by atoms with Crippen LogP contribution in [-0.2, 0) is 11.2 Å². The summed E-state index contributed by atoms with van der Waals surface area (Å²) in [5.74, 6) is -0.742. The number of carboxylic acids is 1. The van der Waals surface area contributed by atoms with Crippen molar-refractivity contribution in [1.82, 2.24) is 10.6 Å². The van der Waals surface area contributed by atoms with Gasteiger partial charge in [-0.15, -0.1) is 11.3 Å².